The third kappa shape index (κ3) is 2.36. The summed E-state index contributed by atoms with van der Waals surface area (Å²) in [5.74, 6) is -1.68. The van der Waals surface area contributed by atoms with Crippen molar-refractivity contribution in [1.82, 2.24) is 4.57 Å². The molecule has 0 radical (unpaired) electrons. The standard InChI is InChI=1S/C13H7F3N2O2/c14-13(15,16)10-7-18(6-9(10)12(19)20)11-4-2-1-3-8(11)5-17/h1-4,6-7H,(H,19,20). The summed E-state index contributed by atoms with van der Waals surface area (Å²) in [6, 6.07) is 7.82. The van der Waals surface area contributed by atoms with Crippen molar-refractivity contribution in [3.8, 4) is 11.8 Å². The van der Waals surface area contributed by atoms with Gasteiger partial charge in [-0.3, -0.25) is 0 Å². The number of benzene rings is 1. The van der Waals surface area contributed by atoms with E-state index in [0.29, 0.717) is 6.20 Å². The van der Waals surface area contributed by atoms with Crippen molar-refractivity contribution < 1.29 is 23.1 Å². The fourth-order valence-electron chi connectivity index (χ4n) is 1.78. The van der Waals surface area contributed by atoms with Crippen molar-refractivity contribution in [3.05, 3.63) is 53.3 Å². The van der Waals surface area contributed by atoms with Gasteiger partial charge in [-0.25, -0.2) is 4.79 Å². The van der Waals surface area contributed by atoms with Gasteiger partial charge < -0.3 is 9.67 Å². The zero-order valence-electron chi connectivity index (χ0n) is 9.85. The lowest BCUT2D eigenvalue weighted by atomic mass is 10.2. The Balaban J connectivity index is 2.66. The molecule has 0 spiro atoms. The monoisotopic (exact) mass is 280 g/mol. The summed E-state index contributed by atoms with van der Waals surface area (Å²) >= 11 is 0. The molecule has 4 nitrogen and oxygen atoms in total. The number of carboxylic acids is 1. The van der Waals surface area contributed by atoms with E-state index in [1.165, 1.54) is 12.1 Å². The van der Waals surface area contributed by atoms with Crippen LogP contribution in [0.1, 0.15) is 21.5 Å². The van der Waals surface area contributed by atoms with Crippen molar-refractivity contribution in [1.29, 1.82) is 5.26 Å². The van der Waals surface area contributed by atoms with Gasteiger partial charge in [-0.1, -0.05) is 12.1 Å². The van der Waals surface area contributed by atoms with Gasteiger partial charge in [0.1, 0.15) is 6.07 Å². The van der Waals surface area contributed by atoms with Gasteiger partial charge in [-0.2, -0.15) is 18.4 Å². The topological polar surface area (TPSA) is 66.0 Å². The van der Waals surface area contributed by atoms with E-state index in [1.807, 2.05) is 6.07 Å². The maximum Gasteiger partial charge on any atom is 0.418 e. The number of carbonyl (C=O) groups is 1. The molecule has 1 aromatic carbocycles. The number of aromatic carboxylic acids is 1. The van der Waals surface area contributed by atoms with E-state index in [2.05, 4.69) is 0 Å². The third-order valence-electron chi connectivity index (χ3n) is 2.67. The minimum Gasteiger partial charge on any atom is -0.478 e. The molecule has 1 heterocycles. The highest BCUT2D eigenvalue weighted by Crippen LogP contribution is 2.33. The van der Waals surface area contributed by atoms with Gasteiger partial charge in [0.2, 0.25) is 0 Å². The minimum absolute atomic E-state index is 0.146. The smallest absolute Gasteiger partial charge is 0.418 e. The summed E-state index contributed by atoms with van der Waals surface area (Å²) in [6.45, 7) is 0. The normalized spacial score (nSPS) is 11.1. The van der Waals surface area contributed by atoms with E-state index in [9.17, 15) is 18.0 Å². The molecule has 0 aliphatic heterocycles. The van der Waals surface area contributed by atoms with Gasteiger partial charge in [0.05, 0.1) is 22.4 Å². The molecule has 0 unspecified atom stereocenters. The van der Waals surface area contributed by atoms with Gasteiger partial charge in [0.25, 0.3) is 0 Å². The maximum absolute atomic E-state index is 12.8. The Morgan fingerprint density at radius 3 is 2.40 bits per heavy atom. The third-order valence-corrected chi connectivity index (χ3v) is 2.67. The zero-order chi connectivity index (χ0) is 14.9. The van der Waals surface area contributed by atoms with Crippen molar-refractivity contribution in [3.63, 3.8) is 0 Å². The summed E-state index contributed by atoms with van der Waals surface area (Å²) in [7, 11) is 0. The summed E-state index contributed by atoms with van der Waals surface area (Å²) in [6.07, 6.45) is -3.26. The van der Waals surface area contributed by atoms with Crippen LogP contribution in [0.25, 0.3) is 5.69 Å². The molecule has 0 amide bonds. The summed E-state index contributed by atoms with van der Waals surface area (Å²) in [5.41, 5.74) is -1.77. The first-order valence-electron chi connectivity index (χ1n) is 5.36. The highest BCUT2D eigenvalue weighted by molar-refractivity contribution is 5.89. The Morgan fingerprint density at radius 2 is 1.90 bits per heavy atom. The largest absolute Gasteiger partial charge is 0.478 e. The number of rotatable bonds is 2. The van der Waals surface area contributed by atoms with Crippen molar-refractivity contribution in [2.75, 3.05) is 0 Å². The van der Waals surface area contributed by atoms with Crippen LogP contribution in [0.4, 0.5) is 13.2 Å². The summed E-state index contributed by atoms with van der Waals surface area (Å²) in [4.78, 5) is 10.9. The average Bonchev–Trinajstić information content (AvgIpc) is 2.83. The number of aromatic nitrogens is 1. The lowest BCUT2D eigenvalue weighted by molar-refractivity contribution is -0.138. The first-order valence-corrected chi connectivity index (χ1v) is 5.36. The Labute approximate surface area is 111 Å². The SMILES string of the molecule is N#Cc1ccccc1-n1cc(C(=O)O)c(C(F)(F)F)c1. The molecule has 1 aromatic heterocycles. The number of nitriles is 1. The first-order chi connectivity index (χ1) is 9.34. The second kappa shape index (κ2) is 4.74. The second-order valence-corrected chi connectivity index (χ2v) is 3.92. The molecule has 0 fully saturated rings. The Bertz CT molecular complexity index is 711. The minimum atomic E-state index is -4.78. The number of alkyl halides is 3. The van der Waals surface area contributed by atoms with Gasteiger partial charge in [-0.05, 0) is 12.1 Å². The molecule has 0 bridgehead atoms. The van der Waals surface area contributed by atoms with E-state index in [1.54, 1.807) is 12.1 Å². The number of para-hydroxylation sites is 1. The molecule has 0 atom stereocenters. The number of carboxylic acid groups (broad SMARTS) is 1. The fourth-order valence-corrected chi connectivity index (χ4v) is 1.78. The molecule has 2 aromatic rings. The van der Waals surface area contributed by atoms with Crippen LogP contribution in [0.2, 0.25) is 0 Å². The van der Waals surface area contributed by atoms with Gasteiger partial charge >= 0.3 is 12.1 Å². The van der Waals surface area contributed by atoms with E-state index < -0.39 is 23.3 Å². The van der Waals surface area contributed by atoms with Crippen molar-refractivity contribution >= 4 is 5.97 Å². The number of hydrogen-bond donors (Lipinski definition) is 1. The molecular weight excluding hydrogens is 273 g/mol. The predicted octanol–water partition coefficient (Wildman–Crippen LogP) is 3.07. The second-order valence-electron chi connectivity index (χ2n) is 3.92. The molecule has 20 heavy (non-hydrogen) atoms. The lowest BCUT2D eigenvalue weighted by Gasteiger charge is -2.05. The Kier molecular flexibility index (Phi) is 3.24. The number of halogens is 3. The van der Waals surface area contributed by atoms with Crippen LogP contribution in [0, 0.1) is 11.3 Å². The van der Waals surface area contributed by atoms with Crippen LogP contribution in [0.5, 0.6) is 0 Å². The molecule has 0 aliphatic rings. The number of hydrogen-bond acceptors (Lipinski definition) is 2. The van der Waals surface area contributed by atoms with Crippen molar-refractivity contribution in [2.45, 2.75) is 6.18 Å². The summed E-state index contributed by atoms with van der Waals surface area (Å²) in [5, 5.41) is 17.8. The molecule has 0 saturated carbocycles. The molecule has 0 saturated heterocycles. The molecule has 0 aliphatic carbocycles. The van der Waals surface area contributed by atoms with Gasteiger partial charge in [0, 0.05) is 12.4 Å². The number of nitrogens with zero attached hydrogens (tertiary/aromatic N) is 2. The van der Waals surface area contributed by atoms with E-state index >= 15 is 0 Å². The van der Waals surface area contributed by atoms with Crippen LogP contribution >= 0.6 is 0 Å². The van der Waals surface area contributed by atoms with E-state index in [0.717, 1.165) is 10.8 Å². The zero-order valence-corrected chi connectivity index (χ0v) is 9.85. The molecule has 1 N–H and O–H groups in total. The summed E-state index contributed by atoms with van der Waals surface area (Å²) < 4.78 is 39.3. The van der Waals surface area contributed by atoms with Gasteiger partial charge in [-0.15, -0.1) is 0 Å². The van der Waals surface area contributed by atoms with Crippen LogP contribution < -0.4 is 0 Å². The Morgan fingerprint density at radius 1 is 1.25 bits per heavy atom. The van der Waals surface area contributed by atoms with Gasteiger partial charge in [0.15, 0.2) is 0 Å². The van der Waals surface area contributed by atoms with Crippen LogP contribution in [0.15, 0.2) is 36.7 Å². The first kappa shape index (κ1) is 13.7. The van der Waals surface area contributed by atoms with E-state index in [4.69, 9.17) is 10.4 Å². The maximum atomic E-state index is 12.8. The fraction of sp³-hybridized carbons (Fsp3) is 0.0769. The highest BCUT2D eigenvalue weighted by Gasteiger charge is 2.37. The molecular formula is C13H7F3N2O2. The molecule has 2 rings (SSSR count). The van der Waals surface area contributed by atoms with Crippen LogP contribution in [-0.2, 0) is 6.18 Å². The van der Waals surface area contributed by atoms with Crippen LogP contribution in [-0.4, -0.2) is 15.6 Å². The molecule has 102 valence electrons. The Hall–Kier alpha value is -2.75. The van der Waals surface area contributed by atoms with E-state index in [-0.39, 0.29) is 11.3 Å². The van der Waals surface area contributed by atoms with Crippen LogP contribution in [0.3, 0.4) is 0 Å². The molecule has 7 heteroatoms. The van der Waals surface area contributed by atoms with Crippen molar-refractivity contribution in [2.24, 2.45) is 0 Å². The highest BCUT2D eigenvalue weighted by atomic mass is 19.4. The average molecular weight is 280 g/mol. The quantitative estimate of drug-likeness (QED) is 0.919. The predicted molar refractivity (Wildman–Crippen MR) is 62.4 cm³/mol. The lowest BCUT2D eigenvalue weighted by Crippen LogP contribution is -2.09.